The molecule has 124 valence electrons. The highest BCUT2D eigenvalue weighted by Gasteiger charge is 2.18. The van der Waals surface area contributed by atoms with Gasteiger partial charge in [0.1, 0.15) is 0 Å². The maximum absolute atomic E-state index is 11.3. The SMILES string of the molecule is C=COC(=O)CN(CCN(CC(=O)O)CC(=O)O)CC(=O)O. The van der Waals surface area contributed by atoms with Crippen LogP contribution in [0.25, 0.3) is 0 Å². The van der Waals surface area contributed by atoms with Gasteiger partial charge in [-0.2, -0.15) is 0 Å². The Morgan fingerprint density at radius 3 is 1.50 bits per heavy atom. The van der Waals surface area contributed by atoms with Gasteiger partial charge >= 0.3 is 23.9 Å². The van der Waals surface area contributed by atoms with Crippen molar-refractivity contribution in [2.75, 3.05) is 39.3 Å². The number of hydrogen-bond donors (Lipinski definition) is 3. The average Bonchev–Trinajstić information content (AvgIpc) is 2.33. The largest absolute Gasteiger partial charge is 0.480 e. The van der Waals surface area contributed by atoms with Gasteiger partial charge in [0.25, 0.3) is 0 Å². The third-order valence-electron chi connectivity index (χ3n) is 2.38. The molecule has 0 aliphatic carbocycles. The van der Waals surface area contributed by atoms with Gasteiger partial charge in [0.05, 0.1) is 32.4 Å². The topological polar surface area (TPSA) is 145 Å². The fraction of sp³-hybridized carbons (Fsp3) is 0.500. The molecule has 0 spiro atoms. The van der Waals surface area contributed by atoms with E-state index in [4.69, 9.17) is 15.3 Å². The van der Waals surface area contributed by atoms with Crippen LogP contribution in [0.5, 0.6) is 0 Å². The van der Waals surface area contributed by atoms with Crippen LogP contribution in [0.3, 0.4) is 0 Å². The molecule has 0 aromatic carbocycles. The number of rotatable bonds is 12. The highest BCUT2D eigenvalue weighted by Crippen LogP contribution is 1.95. The Morgan fingerprint density at radius 2 is 1.18 bits per heavy atom. The van der Waals surface area contributed by atoms with Gasteiger partial charge in [0.15, 0.2) is 0 Å². The molecule has 0 radical (unpaired) electrons. The Bertz CT molecular complexity index is 421. The zero-order valence-corrected chi connectivity index (χ0v) is 11.8. The van der Waals surface area contributed by atoms with Gasteiger partial charge in [-0.05, 0) is 0 Å². The minimum Gasteiger partial charge on any atom is -0.480 e. The van der Waals surface area contributed by atoms with Gasteiger partial charge in [-0.1, -0.05) is 6.58 Å². The van der Waals surface area contributed by atoms with Gasteiger partial charge in [-0.15, -0.1) is 0 Å². The van der Waals surface area contributed by atoms with E-state index in [1.165, 1.54) is 4.90 Å². The molecule has 0 fully saturated rings. The first-order chi connectivity index (χ1) is 10.2. The summed E-state index contributed by atoms with van der Waals surface area (Å²) < 4.78 is 4.48. The molecule has 0 bridgehead atoms. The van der Waals surface area contributed by atoms with E-state index >= 15 is 0 Å². The number of carbonyl (C=O) groups is 4. The van der Waals surface area contributed by atoms with Crippen LogP contribution in [0.4, 0.5) is 0 Å². The molecule has 0 unspecified atom stereocenters. The van der Waals surface area contributed by atoms with E-state index in [1.807, 2.05) is 0 Å². The summed E-state index contributed by atoms with van der Waals surface area (Å²) in [6.07, 6.45) is 0.905. The van der Waals surface area contributed by atoms with E-state index in [9.17, 15) is 19.2 Å². The molecule has 0 amide bonds. The Hall–Kier alpha value is -2.46. The van der Waals surface area contributed by atoms with Crippen LogP contribution in [0, 0.1) is 0 Å². The van der Waals surface area contributed by atoms with Gasteiger partial charge < -0.3 is 20.1 Å². The zero-order chi connectivity index (χ0) is 17.1. The molecular formula is C12H18N2O8. The Morgan fingerprint density at radius 1 is 0.818 bits per heavy atom. The number of hydrogen-bond acceptors (Lipinski definition) is 7. The monoisotopic (exact) mass is 318 g/mol. The first-order valence-electron chi connectivity index (χ1n) is 6.15. The first kappa shape index (κ1) is 19.5. The highest BCUT2D eigenvalue weighted by atomic mass is 16.5. The minimum absolute atomic E-state index is 0.0148. The van der Waals surface area contributed by atoms with Gasteiger partial charge in [-0.25, -0.2) is 0 Å². The molecule has 22 heavy (non-hydrogen) atoms. The second-order valence-electron chi connectivity index (χ2n) is 4.26. The molecule has 10 nitrogen and oxygen atoms in total. The lowest BCUT2D eigenvalue weighted by molar-refractivity contribution is -0.145. The van der Waals surface area contributed by atoms with Crippen molar-refractivity contribution in [2.24, 2.45) is 0 Å². The lowest BCUT2D eigenvalue weighted by atomic mass is 10.4. The number of nitrogens with zero attached hydrogens (tertiary/aromatic N) is 2. The number of ether oxygens (including phenoxy) is 1. The lowest BCUT2D eigenvalue weighted by Crippen LogP contribution is -2.43. The third-order valence-corrected chi connectivity index (χ3v) is 2.38. The van der Waals surface area contributed by atoms with Crippen molar-refractivity contribution in [3.8, 4) is 0 Å². The van der Waals surface area contributed by atoms with E-state index in [0.29, 0.717) is 0 Å². The summed E-state index contributed by atoms with van der Waals surface area (Å²) in [4.78, 5) is 45.6. The number of esters is 1. The van der Waals surface area contributed by atoms with Crippen LogP contribution >= 0.6 is 0 Å². The van der Waals surface area contributed by atoms with Crippen molar-refractivity contribution in [2.45, 2.75) is 0 Å². The summed E-state index contributed by atoms with van der Waals surface area (Å²) in [6.45, 7) is 1.31. The van der Waals surface area contributed by atoms with Crippen LogP contribution < -0.4 is 0 Å². The predicted octanol–water partition coefficient (Wildman–Crippen LogP) is -1.47. The predicted molar refractivity (Wildman–Crippen MR) is 72.1 cm³/mol. The van der Waals surface area contributed by atoms with Crippen LogP contribution in [-0.4, -0.2) is 88.3 Å². The molecule has 3 N–H and O–H groups in total. The fourth-order valence-corrected chi connectivity index (χ4v) is 1.60. The van der Waals surface area contributed by atoms with E-state index in [0.717, 1.165) is 11.2 Å². The van der Waals surface area contributed by atoms with E-state index < -0.39 is 43.5 Å². The van der Waals surface area contributed by atoms with Crippen LogP contribution in [-0.2, 0) is 23.9 Å². The molecular weight excluding hydrogens is 300 g/mol. The molecule has 0 aliphatic rings. The second kappa shape index (κ2) is 10.3. The lowest BCUT2D eigenvalue weighted by Gasteiger charge is -2.23. The van der Waals surface area contributed by atoms with Crippen molar-refractivity contribution in [1.29, 1.82) is 0 Å². The first-order valence-corrected chi connectivity index (χ1v) is 6.15. The third kappa shape index (κ3) is 10.3. The summed E-state index contributed by atoms with van der Waals surface area (Å²) in [5, 5.41) is 26.2. The molecule has 0 heterocycles. The number of aliphatic carboxylic acids is 3. The quantitative estimate of drug-likeness (QED) is 0.288. The Kier molecular flexibility index (Phi) is 9.14. The Labute approximate surface area is 126 Å². The molecule has 0 atom stereocenters. The van der Waals surface area contributed by atoms with E-state index in [2.05, 4.69) is 11.3 Å². The van der Waals surface area contributed by atoms with Crippen molar-refractivity contribution < 1.29 is 39.2 Å². The van der Waals surface area contributed by atoms with Crippen molar-refractivity contribution >= 4 is 23.9 Å². The molecule has 0 saturated heterocycles. The molecule has 0 aliphatic heterocycles. The minimum atomic E-state index is -1.21. The van der Waals surface area contributed by atoms with E-state index in [1.54, 1.807) is 0 Å². The number of carbonyl (C=O) groups excluding carboxylic acids is 1. The molecule has 0 aromatic rings. The number of carboxylic acids is 3. The molecule has 0 aromatic heterocycles. The summed E-state index contributed by atoms with van der Waals surface area (Å²) in [7, 11) is 0. The summed E-state index contributed by atoms with van der Waals surface area (Å²) >= 11 is 0. The summed E-state index contributed by atoms with van der Waals surface area (Å²) in [5.74, 6) is -4.33. The van der Waals surface area contributed by atoms with Crippen molar-refractivity contribution in [1.82, 2.24) is 9.80 Å². The Balaban J connectivity index is 4.62. The number of carboxylic acid groups (broad SMARTS) is 3. The van der Waals surface area contributed by atoms with Gasteiger partial charge in [-0.3, -0.25) is 29.0 Å². The smallest absolute Gasteiger partial charge is 0.324 e. The van der Waals surface area contributed by atoms with Crippen LogP contribution in [0.2, 0.25) is 0 Å². The maximum atomic E-state index is 11.3. The van der Waals surface area contributed by atoms with E-state index in [-0.39, 0.29) is 19.6 Å². The standard InChI is InChI=1S/C12H18N2O8/c1-2-22-12(21)8-14(7-11(19)20)4-3-13(5-9(15)16)6-10(17)18/h2H,1,3-8H2,(H,15,16)(H,17,18)(H,19,20). The zero-order valence-electron chi connectivity index (χ0n) is 11.8. The maximum Gasteiger partial charge on any atom is 0.324 e. The highest BCUT2D eigenvalue weighted by molar-refractivity contribution is 5.74. The van der Waals surface area contributed by atoms with Gasteiger partial charge in [0, 0.05) is 13.1 Å². The van der Waals surface area contributed by atoms with Crippen LogP contribution in [0.1, 0.15) is 0 Å². The fourth-order valence-electron chi connectivity index (χ4n) is 1.60. The molecule has 0 rings (SSSR count). The van der Waals surface area contributed by atoms with Gasteiger partial charge in [0.2, 0.25) is 0 Å². The second-order valence-corrected chi connectivity index (χ2v) is 4.26. The average molecular weight is 318 g/mol. The summed E-state index contributed by atoms with van der Waals surface area (Å²) in [6, 6.07) is 0. The van der Waals surface area contributed by atoms with Crippen LogP contribution in [0.15, 0.2) is 12.8 Å². The van der Waals surface area contributed by atoms with Crippen molar-refractivity contribution in [3.63, 3.8) is 0 Å². The summed E-state index contributed by atoms with van der Waals surface area (Å²) in [5.41, 5.74) is 0. The normalized spacial score (nSPS) is 10.5. The van der Waals surface area contributed by atoms with Crippen molar-refractivity contribution in [3.05, 3.63) is 12.8 Å². The molecule has 0 saturated carbocycles. The molecule has 10 heteroatoms.